The topological polar surface area (TPSA) is 72.9 Å². The molecule has 100 valence electrons. The summed E-state index contributed by atoms with van der Waals surface area (Å²) in [5.41, 5.74) is 6.69. The van der Waals surface area contributed by atoms with Gasteiger partial charge in [-0.05, 0) is 18.9 Å². The zero-order valence-electron chi connectivity index (χ0n) is 9.99. The minimum absolute atomic E-state index is 0.0143. The molecule has 1 saturated carbocycles. The van der Waals surface area contributed by atoms with Gasteiger partial charge >= 0.3 is 0 Å². The normalized spacial score (nSPS) is 14.8. The number of imidazole rings is 1. The number of carbonyl (C=O) groups excluding carboxylic acids is 1. The molecule has 0 bridgehead atoms. The molecule has 3 rings (SSSR count). The van der Waals surface area contributed by atoms with Crippen LogP contribution >= 0.6 is 11.6 Å². The third kappa shape index (κ3) is 2.35. The number of nitrogens with one attached hydrogen (secondary N) is 1. The summed E-state index contributed by atoms with van der Waals surface area (Å²) in [4.78, 5) is 15.8. The van der Waals surface area contributed by atoms with Crippen molar-refractivity contribution in [1.29, 1.82) is 0 Å². The van der Waals surface area contributed by atoms with Crippen molar-refractivity contribution >= 4 is 34.5 Å². The second-order valence-electron chi connectivity index (χ2n) is 4.65. The van der Waals surface area contributed by atoms with Gasteiger partial charge in [-0.3, -0.25) is 4.79 Å². The van der Waals surface area contributed by atoms with Crippen LogP contribution < -0.4 is 11.1 Å². The van der Waals surface area contributed by atoms with E-state index in [0.717, 1.165) is 12.8 Å². The van der Waals surface area contributed by atoms with Gasteiger partial charge in [0.25, 0.3) is 0 Å². The molecule has 19 heavy (non-hydrogen) atoms. The van der Waals surface area contributed by atoms with Crippen molar-refractivity contribution in [3.05, 3.63) is 23.0 Å². The van der Waals surface area contributed by atoms with E-state index in [1.54, 1.807) is 0 Å². The first-order valence-corrected chi connectivity index (χ1v) is 6.32. The number of amides is 1. The molecule has 0 spiro atoms. The van der Waals surface area contributed by atoms with Gasteiger partial charge in [-0.2, -0.15) is 0 Å². The van der Waals surface area contributed by atoms with Crippen molar-refractivity contribution < 1.29 is 9.18 Å². The highest BCUT2D eigenvalue weighted by molar-refractivity contribution is 6.31. The molecule has 0 atom stereocenters. The number of nitrogen functional groups attached to an aromatic ring is 1. The van der Waals surface area contributed by atoms with Gasteiger partial charge in [-0.1, -0.05) is 11.6 Å². The number of hydrogen-bond donors (Lipinski definition) is 2. The van der Waals surface area contributed by atoms with Crippen molar-refractivity contribution in [2.75, 3.05) is 5.73 Å². The number of aromatic nitrogens is 2. The van der Waals surface area contributed by atoms with E-state index >= 15 is 0 Å². The average molecular weight is 283 g/mol. The van der Waals surface area contributed by atoms with Crippen LogP contribution in [0.2, 0.25) is 5.02 Å². The predicted molar refractivity (Wildman–Crippen MR) is 70.3 cm³/mol. The second-order valence-corrected chi connectivity index (χ2v) is 5.06. The number of nitrogens with two attached hydrogens (primary N) is 1. The van der Waals surface area contributed by atoms with Gasteiger partial charge in [-0.25, -0.2) is 9.37 Å². The summed E-state index contributed by atoms with van der Waals surface area (Å²) in [6, 6.07) is 2.92. The monoisotopic (exact) mass is 282 g/mol. The molecule has 3 N–H and O–H groups in total. The lowest BCUT2D eigenvalue weighted by molar-refractivity contribution is -0.121. The predicted octanol–water partition coefficient (Wildman–Crippen LogP) is 1.69. The Labute approximate surface area is 113 Å². The molecule has 2 aromatic rings. The van der Waals surface area contributed by atoms with E-state index in [2.05, 4.69) is 10.3 Å². The number of hydrogen-bond acceptors (Lipinski definition) is 3. The minimum atomic E-state index is -0.557. The molecule has 1 aliphatic carbocycles. The first kappa shape index (κ1) is 12.2. The Morgan fingerprint density at radius 3 is 3.00 bits per heavy atom. The molecule has 1 aromatic carbocycles. The second kappa shape index (κ2) is 4.38. The molecular weight excluding hydrogens is 271 g/mol. The number of nitrogens with zero attached hydrogens (tertiary/aromatic N) is 2. The van der Waals surface area contributed by atoms with Gasteiger partial charge in [0.15, 0.2) is 0 Å². The van der Waals surface area contributed by atoms with Crippen LogP contribution in [-0.4, -0.2) is 21.5 Å². The average Bonchev–Trinajstić information content (AvgIpc) is 3.09. The van der Waals surface area contributed by atoms with E-state index in [9.17, 15) is 9.18 Å². The Morgan fingerprint density at radius 2 is 2.32 bits per heavy atom. The van der Waals surface area contributed by atoms with Gasteiger partial charge < -0.3 is 15.6 Å². The fraction of sp³-hybridized carbons (Fsp3) is 0.333. The Hall–Kier alpha value is -1.82. The Morgan fingerprint density at radius 1 is 1.58 bits per heavy atom. The summed E-state index contributed by atoms with van der Waals surface area (Å²) in [5, 5.41) is 2.83. The van der Waals surface area contributed by atoms with Gasteiger partial charge in [0, 0.05) is 12.1 Å². The van der Waals surface area contributed by atoms with Crippen molar-refractivity contribution in [3.63, 3.8) is 0 Å². The van der Waals surface area contributed by atoms with Crippen LogP contribution in [0.1, 0.15) is 12.8 Å². The maximum Gasteiger partial charge on any atom is 0.240 e. The van der Waals surface area contributed by atoms with E-state index in [1.807, 2.05) is 0 Å². The molecule has 1 fully saturated rings. The standard InChI is InChI=1S/C12H12ClFN4O/c13-7-3-9-10(4-8(7)14)18(12(15)17-9)5-11(19)16-6-1-2-6/h3-4,6H,1-2,5H2,(H2,15,17)(H,16,19). The quantitative estimate of drug-likeness (QED) is 0.900. The molecule has 1 amide bonds. The maximum absolute atomic E-state index is 13.5. The van der Waals surface area contributed by atoms with E-state index in [-0.39, 0.29) is 29.5 Å². The maximum atomic E-state index is 13.5. The summed E-state index contributed by atoms with van der Waals surface area (Å²) in [5.74, 6) is -0.538. The molecule has 0 saturated heterocycles. The zero-order valence-corrected chi connectivity index (χ0v) is 10.7. The van der Waals surface area contributed by atoms with E-state index in [0.29, 0.717) is 11.0 Å². The minimum Gasteiger partial charge on any atom is -0.369 e. The summed E-state index contributed by atoms with van der Waals surface area (Å²) < 4.78 is 15.0. The van der Waals surface area contributed by atoms with Crippen LogP contribution in [0.15, 0.2) is 12.1 Å². The highest BCUT2D eigenvalue weighted by Crippen LogP contribution is 2.25. The Kier molecular flexibility index (Phi) is 2.82. The first-order valence-electron chi connectivity index (χ1n) is 5.94. The summed E-state index contributed by atoms with van der Waals surface area (Å²) >= 11 is 5.69. The number of benzene rings is 1. The summed E-state index contributed by atoms with van der Waals surface area (Å²) in [6.07, 6.45) is 2.02. The van der Waals surface area contributed by atoms with Crippen LogP contribution in [0.5, 0.6) is 0 Å². The van der Waals surface area contributed by atoms with E-state index < -0.39 is 5.82 Å². The number of halogens is 2. The highest BCUT2D eigenvalue weighted by atomic mass is 35.5. The Bertz CT molecular complexity index is 665. The lowest BCUT2D eigenvalue weighted by atomic mass is 10.3. The molecule has 0 radical (unpaired) electrons. The van der Waals surface area contributed by atoms with Crippen molar-refractivity contribution in [3.8, 4) is 0 Å². The molecule has 5 nitrogen and oxygen atoms in total. The van der Waals surface area contributed by atoms with Crippen LogP contribution in [0.4, 0.5) is 10.3 Å². The lowest BCUT2D eigenvalue weighted by Gasteiger charge is -2.07. The molecular formula is C12H12ClFN4O. The summed E-state index contributed by atoms with van der Waals surface area (Å²) in [6.45, 7) is 0.0277. The van der Waals surface area contributed by atoms with Crippen molar-refractivity contribution in [2.45, 2.75) is 25.4 Å². The highest BCUT2D eigenvalue weighted by Gasteiger charge is 2.24. The number of fused-ring (bicyclic) bond motifs is 1. The smallest absolute Gasteiger partial charge is 0.240 e. The van der Waals surface area contributed by atoms with Crippen LogP contribution in [0.25, 0.3) is 11.0 Å². The third-order valence-electron chi connectivity index (χ3n) is 3.06. The molecule has 1 aromatic heterocycles. The number of rotatable bonds is 3. The fourth-order valence-corrected chi connectivity index (χ4v) is 2.11. The largest absolute Gasteiger partial charge is 0.369 e. The van der Waals surface area contributed by atoms with Gasteiger partial charge in [0.05, 0.1) is 16.1 Å². The van der Waals surface area contributed by atoms with Crippen LogP contribution in [0.3, 0.4) is 0 Å². The van der Waals surface area contributed by atoms with Crippen LogP contribution in [-0.2, 0) is 11.3 Å². The molecule has 1 heterocycles. The Balaban J connectivity index is 1.94. The molecule has 0 unspecified atom stereocenters. The van der Waals surface area contributed by atoms with Gasteiger partial charge in [0.2, 0.25) is 11.9 Å². The van der Waals surface area contributed by atoms with E-state index in [4.69, 9.17) is 17.3 Å². The number of anilines is 1. The lowest BCUT2D eigenvalue weighted by Crippen LogP contribution is -2.29. The molecule has 0 aliphatic heterocycles. The van der Waals surface area contributed by atoms with Gasteiger partial charge in [-0.15, -0.1) is 0 Å². The van der Waals surface area contributed by atoms with Crippen LogP contribution in [0, 0.1) is 5.82 Å². The molecule has 1 aliphatic rings. The third-order valence-corrected chi connectivity index (χ3v) is 3.35. The molecule has 7 heteroatoms. The first-order chi connectivity index (χ1) is 9.04. The zero-order chi connectivity index (χ0) is 13.6. The van der Waals surface area contributed by atoms with Gasteiger partial charge in [0.1, 0.15) is 12.4 Å². The SMILES string of the molecule is Nc1nc2cc(Cl)c(F)cc2n1CC(=O)NC1CC1. The fourth-order valence-electron chi connectivity index (χ4n) is 1.95. The summed E-state index contributed by atoms with van der Waals surface area (Å²) in [7, 11) is 0. The van der Waals surface area contributed by atoms with E-state index in [1.165, 1.54) is 16.7 Å². The van der Waals surface area contributed by atoms with Crippen molar-refractivity contribution in [1.82, 2.24) is 14.9 Å². The van der Waals surface area contributed by atoms with Crippen molar-refractivity contribution in [2.24, 2.45) is 0 Å². The number of carbonyl (C=O) groups is 1.